The number of amides is 1. The van der Waals surface area contributed by atoms with E-state index in [1.807, 2.05) is 19.1 Å². The smallest absolute Gasteiger partial charge is 0.264 e. The minimum absolute atomic E-state index is 0.00152. The maximum atomic E-state index is 12.3. The molecule has 0 spiro atoms. The van der Waals surface area contributed by atoms with E-state index >= 15 is 0 Å². The number of hydrogen-bond donors (Lipinski definition) is 3. The van der Waals surface area contributed by atoms with Gasteiger partial charge >= 0.3 is 0 Å². The van der Waals surface area contributed by atoms with Crippen molar-refractivity contribution < 1.29 is 30.9 Å². The predicted molar refractivity (Wildman–Crippen MR) is 131 cm³/mol. The van der Waals surface area contributed by atoms with Gasteiger partial charge in [-0.2, -0.15) is 8.42 Å². The zero-order valence-corrected chi connectivity index (χ0v) is 21.1. The van der Waals surface area contributed by atoms with Crippen LogP contribution in [0.1, 0.15) is 69.8 Å². The fourth-order valence-electron chi connectivity index (χ4n) is 3.10. The second kappa shape index (κ2) is 14.8. The van der Waals surface area contributed by atoms with Gasteiger partial charge in [-0.3, -0.25) is 9.35 Å². The summed E-state index contributed by atoms with van der Waals surface area (Å²) < 4.78 is 57.8. The lowest BCUT2D eigenvalue weighted by molar-refractivity contribution is -0.116. The Balaban J connectivity index is 2.28. The van der Waals surface area contributed by atoms with Crippen molar-refractivity contribution in [2.45, 2.75) is 71.1 Å². The van der Waals surface area contributed by atoms with Crippen LogP contribution in [-0.2, 0) is 23.8 Å². The minimum Gasteiger partial charge on any atom is -0.491 e. The molecular weight excluding hydrogens is 474 g/mol. The molecule has 1 rings (SSSR count). The Kier molecular flexibility index (Phi) is 13.3. The molecule has 0 aliphatic carbocycles. The summed E-state index contributed by atoms with van der Waals surface area (Å²) in [5, 5.41) is 2.90. The highest BCUT2D eigenvalue weighted by atomic mass is 33.1. The van der Waals surface area contributed by atoms with E-state index < -0.39 is 19.0 Å². The van der Waals surface area contributed by atoms with Crippen LogP contribution < -0.4 is 10.1 Å². The van der Waals surface area contributed by atoms with Crippen LogP contribution in [0.4, 0.5) is 5.69 Å². The molecule has 1 amide bonds. The van der Waals surface area contributed by atoms with Crippen LogP contribution in [0.15, 0.2) is 18.2 Å². The van der Waals surface area contributed by atoms with Gasteiger partial charge in [0, 0.05) is 6.42 Å². The van der Waals surface area contributed by atoms with Crippen LogP contribution in [0, 0.1) is 6.92 Å². The van der Waals surface area contributed by atoms with E-state index in [0.717, 1.165) is 44.1 Å². The Labute approximate surface area is 197 Å². The molecule has 32 heavy (non-hydrogen) atoms. The number of carbonyl (C=O) groups is 1. The molecular formula is C21H35NO7S3. The Morgan fingerprint density at radius 1 is 0.938 bits per heavy atom. The first-order valence-electron chi connectivity index (χ1n) is 10.9. The van der Waals surface area contributed by atoms with Crippen molar-refractivity contribution in [1.29, 1.82) is 0 Å². The molecule has 0 bridgehead atoms. The first-order chi connectivity index (χ1) is 15.0. The molecule has 184 valence electrons. The van der Waals surface area contributed by atoms with Crippen LogP contribution in [0.5, 0.6) is 5.75 Å². The highest BCUT2D eigenvalue weighted by Crippen LogP contribution is 2.26. The fourth-order valence-corrected chi connectivity index (χ4v) is 4.63. The number of anilines is 1. The maximum absolute atomic E-state index is 12.3. The molecule has 0 aliphatic heterocycles. The van der Waals surface area contributed by atoms with Gasteiger partial charge in [0.25, 0.3) is 10.1 Å². The molecule has 8 nitrogen and oxygen atoms in total. The van der Waals surface area contributed by atoms with E-state index in [4.69, 9.17) is 9.29 Å². The number of carbonyl (C=O) groups excluding carboxylic acids is 1. The summed E-state index contributed by atoms with van der Waals surface area (Å²) in [4.78, 5) is 12.3. The summed E-state index contributed by atoms with van der Waals surface area (Å²) in [5.74, 6) is 0.286. The molecule has 0 aliphatic rings. The maximum Gasteiger partial charge on any atom is 0.264 e. The third-order valence-electron chi connectivity index (χ3n) is 4.77. The van der Waals surface area contributed by atoms with Gasteiger partial charge in [-0.15, -0.1) is 0 Å². The zero-order valence-electron chi connectivity index (χ0n) is 18.6. The Morgan fingerprint density at radius 2 is 1.53 bits per heavy atom. The van der Waals surface area contributed by atoms with E-state index in [0.29, 0.717) is 43.7 Å². The van der Waals surface area contributed by atoms with Crippen molar-refractivity contribution in [2.75, 3.05) is 23.4 Å². The first-order valence-corrected chi connectivity index (χ1v) is 15.2. The van der Waals surface area contributed by atoms with Crippen molar-refractivity contribution >= 4 is 42.2 Å². The van der Waals surface area contributed by atoms with Crippen LogP contribution in [0.25, 0.3) is 0 Å². The van der Waals surface area contributed by atoms with Crippen molar-refractivity contribution in [2.24, 2.45) is 0 Å². The minimum atomic E-state index is -3.86. The van der Waals surface area contributed by atoms with Gasteiger partial charge in [0.1, 0.15) is 5.75 Å². The van der Waals surface area contributed by atoms with Crippen LogP contribution >= 0.6 is 11.7 Å². The molecule has 11 heteroatoms. The van der Waals surface area contributed by atoms with Crippen LogP contribution in [0.2, 0.25) is 0 Å². The number of thiol groups is 1. The van der Waals surface area contributed by atoms with Gasteiger partial charge < -0.3 is 10.1 Å². The van der Waals surface area contributed by atoms with E-state index in [1.54, 1.807) is 6.07 Å². The Morgan fingerprint density at radius 3 is 2.16 bits per heavy atom. The van der Waals surface area contributed by atoms with Crippen molar-refractivity contribution in [3.05, 3.63) is 23.8 Å². The lowest BCUT2D eigenvalue weighted by Gasteiger charge is -2.13. The predicted octanol–water partition coefficient (Wildman–Crippen LogP) is 4.36. The summed E-state index contributed by atoms with van der Waals surface area (Å²) in [6.07, 6.45) is 7.18. The molecule has 1 aromatic carbocycles. The van der Waals surface area contributed by atoms with Crippen LogP contribution in [-0.4, -0.2) is 45.4 Å². The molecule has 1 aromatic rings. The van der Waals surface area contributed by atoms with E-state index in [-0.39, 0.29) is 17.4 Å². The second-order valence-corrected chi connectivity index (χ2v) is 12.7. The van der Waals surface area contributed by atoms with Gasteiger partial charge in [0.15, 0.2) is 8.87 Å². The molecule has 0 heterocycles. The number of aryl methyl sites for hydroxylation is 1. The summed E-state index contributed by atoms with van der Waals surface area (Å²) in [6, 6.07) is 5.53. The van der Waals surface area contributed by atoms with Gasteiger partial charge in [0.05, 0.1) is 23.8 Å². The lowest BCUT2D eigenvalue weighted by Crippen LogP contribution is -2.13. The fraction of sp³-hybridized carbons (Fsp3) is 0.667. The Hall–Kier alpha value is -1.30. The quantitative estimate of drug-likeness (QED) is 0.123. The number of nitrogens with one attached hydrogen (secondary N) is 1. The number of ether oxygens (including phenoxy) is 1. The molecule has 2 N–H and O–H groups in total. The molecule has 0 aromatic heterocycles. The van der Waals surface area contributed by atoms with Crippen LogP contribution in [0.3, 0.4) is 0 Å². The molecule has 0 fully saturated rings. The third kappa shape index (κ3) is 15.5. The van der Waals surface area contributed by atoms with Crippen molar-refractivity contribution in [1.82, 2.24) is 0 Å². The van der Waals surface area contributed by atoms with Gasteiger partial charge in [-0.1, -0.05) is 38.2 Å². The lowest BCUT2D eigenvalue weighted by atomic mass is 10.1. The second-order valence-electron chi connectivity index (χ2n) is 7.90. The Bertz CT molecular complexity index is 915. The SMILES string of the molecule is Cc1ccc(OCCCCS(=O)(=O)S)c(NC(=O)CCCCCCCCCS(=O)(=O)O)c1. The van der Waals surface area contributed by atoms with E-state index in [1.165, 1.54) is 0 Å². The highest BCUT2D eigenvalue weighted by Gasteiger charge is 2.09. The van der Waals surface area contributed by atoms with Gasteiger partial charge in [-0.25, -0.2) is 8.42 Å². The average molecular weight is 510 g/mol. The zero-order chi connectivity index (χ0) is 24.0. The summed E-state index contributed by atoms with van der Waals surface area (Å²) >= 11 is 3.52. The summed E-state index contributed by atoms with van der Waals surface area (Å²) in [5.41, 5.74) is 1.60. The molecule has 0 atom stereocenters. The molecule has 0 radical (unpaired) electrons. The highest BCUT2D eigenvalue weighted by molar-refractivity contribution is 8.63. The molecule has 0 saturated carbocycles. The number of hydrogen-bond acceptors (Lipinski definition) is 6. The summed E-state index contributed by atoms with van der Waals surface area (Å²) in [6.45, 7) is 2.27. The topological polar surface area (TPSA) is 127 Å². The number of unbranched alkanes of at least 4 members (excludes halogenated alkanes) is 7. The monoisotopic (exact) mass is 509 g/mol. The third-order valence-corrected chi connectivity index (χ3v) is 6.93. The van der Waals surface area contributed by atoms with Gasteiger partial charge in [0.2, 0.25) is 5.91 Å². The van der Waals surface area contributed by atoms with Gasteiger partial charge in [-0.05, 0) is 62.0 Å². The summed E-state index contributed by atoms with van der Waals surface area (Å²) in [7, 11) is -7.13. The number of rotatable bonds is 17. The molecule has 0 saturated heterocycles. The average Bonchev–Trinajstić information content (AvgIpc) is 2.66. The molecule has 0 unspecified atom stereocenters. The number of benzene rings is 1. The normalized spacial score (nSPS) is 12.0. The van der Waals surface area contributed by atoms with Crippen molar-refractivity contribution in [3.63, 3.8) is 0 Å². The van der Waals surface area contributed by atoms with Crippen molar-refractivity contribution in [3.8, 4) is 5.75 Å². The largest absolute Gasteiger partial charge is 0.491 e. The standard InChI is InChI=1S/C21H35NO7S3/c1-18-12-13-20(29-14-8-10-16-32(27,28)30)19(17-18)22-21(23)11-7-5-3-2-4-6-9-15-31(24,25)26/h12-13,17H,2-11,14-16H2,1H3,(H,22,23)(H,24,25,26)(H,27,28,30). The first kappa shape index (κ1) is 28.7. The van der Waals surface area contributed by atoms with E-state index in [9.17, 15) is 21.6 Å². The van der Waals surface area contributed by atoms with E-state index in [2.05, 4.69) is 17.0 Å².